The van der Waals surface area contributed by atoms with Crippen LogP contribution in [0.5, 0.6) is 0 Å². The molecule has 4 heteroatoms. The van der Waals surface area contributed by atoms with Crippen LogP contribution >= 0.6 is 0 Å². The minimum absolute atomic E-state index is 0.328. The summed E-state index contributed by atoms with van der Waals surface area (Å²) in [7, 11) is 0. The highest BCUT2D eigenvalue weighted by atomic mass is 15.4. The molecule has 1 aromatic heterocycles. The summed E-state index contributed by atoms with van der Waals surface area (Å²) in [6, 6.07) is 28.9. The zero-order valence-electron chi connectivity index (χ0n) is 16.6. The molecule has 0 radical (unpaired) electrons. The van der Waals surface area contributed by atoms with Gasteiger partial charge in [0.15, 0.2) is 0 Å². The quantitative estimate of drug-likeness (QED) is 0.705. The number of benzene rings is 2. The van der Waals surface area contributed by atoms with Gasteiger partial charge in [0.1, 0.15) is 0 Å². The number of rotatable bonds is 5. The average Bonchev–Trinajstić information content (AvgIpc) is 3.19. The van der Waals surface area contributed by atoms with Gasteiger partial charge < -0.3 is 0 Å². The Kier molecular flexibility index (Phi) is 5.39. The van der Waals surface area contributed by atoms with Crippen LogP contribution < -0.4 is 10.9 Å². The van der Waals surface area contributed by atoms with Gasteiger partial charge in [-0.15, -0.1) is 0 Å². The van der Waals surface area contributed by atoms with E-state index in [9.17, 15) is 0 Å². The molecule has 3 aromatic rings. The highest BCUT2D eigenvalue weighted by molar-refractivity contribution is 5.35. The van der Waals surface area contributed by atoms with E-state index in [1.54, 1.807) is 0 Å². The number of likely N-dealkylation sites (tertiary alicyclic amines) is 1. The smallest absolute Gasteiger partial charge is 0.0543 e. The van der Waals surface area contributed by atoms with E-state index in [1.807, 2.05) is 12.3 Å². The molecular formula is C25H28N4. The fourth-order valence-electron chi connectivity index (χ4n) is 5.03. The summed E-state index contributed by atoms with van der Waals surface area (Å²) in [5.41, 5.74) is 11.2. The second-order valence-corrected chi connectivity index (χ2v) is 8.23. The first-order valence-electron chi connectivity index (χ1n) is 10.6. The number of hydrogen-bond acceptors (Lipinski definition) is 4. The van der Waals surface area contributed by atoms with Crippen molar-refractivity contribution < 1.29 is 0 Å². The summed E-state index contributed by atoms with van der Waals surface area (Å²) in [5.74, 6) is 0.882. The van der Waals surface area contributed by atoms with E-state index in [1.165, 1.54) is 11.1 Å². The molecule has 4 nitrogen and oxygen atoms in total. The largest absolute Gasteiger partial charge is 0.297 e. The van der Waals surface area contributed by atoms with Crippen molar-refractivity contribution in [2.45, 2.75) is 31.0 Å². The number of fused-ring (bicyclic) bond motifs is 1. The molecule has 148 valence electrons. The Morgan fingerprint density at radius 2 is 1.55 bits per heavy atom. The Morgan fingerprint density at radius 3 is 2.21 bits per heavy atom. The van der Waals surface area contributed by atoms with Crippen LogP contribution in [-0.4, -0.2) is 35.1 Å². The molecule has 5 rings (SSSR count). The molecule has 2 aliphatic rings. The van der Waals surface area contributed by atoms with Crippen molar-refractivity contribution in [1.29, 1.82) is 0 Å². The second-order valence-electron chi connectivity index (χ2n) is 8.23. The molecule has 0 saturated carbocycles. The molecule has 29 heavy (non-hydrogen) atoms. The monoisotopic (exact) mass is 384 g/mol. The number of hydrogen-bond donors (Lipinski definition) is 2. The first-order valence-corrected chi connectivity index (χ1v) is 10.6. The maximum atomic E-state index is 4.53. The van der Waals surface area contributed by atoms with Crippen LogP contribution in [0, 0.1) is 5.92 Å². The normalized spacial score (nSPS) is 24.5. The number of aromatic nitrogens is 1. The molecule has 3 heterocycles. The molecule has 2 aromatic carbocycles. The van der Waals surface area contributed by atoms with Crippen LogP contribution in [0.1, 0.15) is 29.2 Å². The van der Waals surface area contributed by atoms with Crippen LogP contribution in [0.2, 0.25) is 0 Å². The Balaban J connectivity index is 1.41. The summed E-state index contributed by atoms with van der Waals surface area (Å²) in [6.07, 6.45) is 3.06. The van der Waals surface area contributed by atoms with Crippen molar-refractivity contribution in [3.05, 3.63) is 102 Å². The molecule has 3 unspecified atom stereocenters. The van der Waals surface area contributed by atoms with Crippen molar-refractivity contribution >= 4 is 0 Å². The van der Waals surface area contributed by atoms with E-state index in [0.29, 0.717) is 23.9 Å². The number of nitrogens with one attached hydrogen (secondary N) is 2. The van der Waals surface area contributed by atoms with Gasteiger partial charge in [-0.2, -0.15) is 0 Å². The van der Waals surface area contributed by atoms with Crippen molar-refractivity contribution in [2.75, 3.05) is 13.1 Å². The number of piperidine rings is 1. The van der Waals surface area contributed by atoms with E-state index in [2.05, 4.69) is 93.5 Å². The molecule has 0 spiro atoms. The number of pyridine rings is 1. The minimum atomic E-state index is 0.328. The van der Waals surface area contributed by atoms with Crippen LogP contribution in [0.25, 0.3) is 0 Å². The van der Waals surface area contributed by atoms with Gasteiger partial charge in [0.2, 0.25) is 0 Å². The number of nitrogens with zero attached hydrogens (tertiary/aromatic N) is 2. The van der Waals surface area contributed by atoms with Crippen molar-refractivity contribution in [3.63, 3.8) is 0 Å². The van der Waals surface area contributed by atoms with Crippen LogP contribution in [-0.2, 0) is 6.54 Å². The molecular weight excluding hydrogens is 356 g/mol. The lowest BCUT2D eigenvalue weighted by Crippen LogP contribution is -2.47. The fourth-order valence-corrected chi connectivity index (χ4v) is 5.03. The standard InChI is InChI=1S/C25H28N4/c1-3-9-19(10-4-1)24(20-11-5-2-6-12-20)25-22-18-29(16-14-23(22)27-28-25)17-21-13-7-8-15-26-21/h1-13,15,22-25,27-28H,14,16-18H2. The fraction of sp³-hybridized carbons (Fsp3) is 0.320. The van der Waals surface area contributed by atoms with Gasteiger partial charge in [-0.1, -0.05) is 66.7 Å². The molecule has 3 atom stereocenters. The lowest BCUT2D eigenvalue weighted by Gasteiger charge is -2.38. The van der Waals surface area contributed by atoms with Crippen molar-refractivity contribution in [3.8, 4) is 0 Å². The molecule has 2 N–H and O–H groups in total. The minimum Gasteiger partial charge on any atom is -0.297 e. The molecule has 2 saturated heterocycles. The molecule has 0 amide bonds. The van der Waals surface area contributed by atoms with Crippen molar-refractivity contribution in [2.24, 2.45) is 5.92 Å². The lowest BCUT2D eigenvalue weighted by molar-refractivity contribution is 0.143. The van der Waals surface area contributed by atoms with Crippen LogP contribution in [0.4, 0.5) is 0 Å². The predicted octanol–water partition coefficient (Wildman–Crippen LogP) is 3.58. The highest BCUT2D eigenvalue weighted by Gasteiger charge is 2.43. The van der Waals surface area contributed by atoms with E-state index in [-0.39, 0.29) is 0 Å². The maximum Gasteiger partial charge on any atom is 0.0543 e. The molecule has 0 bridgehead atoms. The molecule has 0 aliphatic carbocycles. The van der Waals surface area contributed by atoms with E-state index >= 15 is 0 Å². The van der Waals surface area contributed by atoms with Gasteiger partial charge in [0.25, 0.3) is 0 Å². The Labute approximate surface area is 173 Å². The molecule has 2 aliphatic heterocycles. The van der Waals surface area contributed by atoms with E-state index in [0.717, 1.165) is 31.7 Å². The third-order valence-corrected chi connectivity index (χ3v) is 6.43. The summed E-state index contributed by atoms with van der Waals surface area (Å²) in [6.45, 7) is 3.13. The summed E-state index contributed by atoms with van der Waals surface area (Å²) in [5, 5.41) is 0. The average molecular weight is 385 g/mol. The Bertz CT molecular complexity index is 860. The van der Waals surface area contributed by atoms with Gasteiger partial charge in [0, 0.05) is 49.8 Å². The zero-order valence-corrected chi connectivity index (χ0v) is 16.6. The maximum absolute atomic E-state index is 4.53. The van der Waals surface area contributed by atoms with E-state index < -0.39 is 0 Å². The summed E-state index contributed by atoms with van der Waals surface area (Å²) in [4.78, 5) is 7.10. The Morgan fingerprint density at radius 1 is 0.862 bits per heavy atom. The Hall–Kier alpha value is -2.53. The highest BCUT2D eigenvalue weighted by Crippen LogP contribution is 2.37. The summed E-state index contributed by atoms with van der Waals surface area (Å²) < 4.78 is 0. The second kappa shape index (κ2) is 8.46. The predicted molar refractivity (Wildman–Crippen MR) is 116 cm³/mol. The summed E-state index contributed by atoms with van der Waals surface area (Å²) >= 11 is 0. The van der Waals surface area contributed by atoms with Crippen LogP contribution in [0.15, 0.2) is 85.1 Å². The first-order chi connectivity index (χ1) is 14.4. The van der Waals surface area contributed by atoms with Gasteiger partial charge in [-0.3, -0.25) is 20.7 Å². The van der Waals surface area contributed by atoms with Gasteiger partial charge in [-0.25, -0.2) is 0 Å². The molecule has 2 fully saturated rings. The topological polar surface area (TPSA) is 40.2 Å². The van der Waals surface area contributed by atoms with Crippen LogP contribution in [0.3, 0.4) is 0 Å². The lowest BCUT2D eigenvalue weighted by atomic mass is 9.76. The van der Waals surface area contributed by atoms with Gasteiger partial charge in [0.05, 0.1) is 5.69 Å². The van der Waals surface area contributed by atoms with Gasteiger partial charge >= 0.3 is 0 Å². The van der Waals surface area contributed by atoms with Gasteiger partial charge in [-0.05, 0) is 29.7 Å². The third-order valence-electron chi connectivity index (χ3n) is 6.43. The zero-order chi connectivity index (χ0) is 19.5. The number of hydrazine groups is 1. The van der Waals surface area contributed by atoms with Crippen molar-refractivity contribution in [1.82, 2.24) is 20.7 Å². The van der Waals surface area contributed by atoms with E-state index in [4.69, 9.17) is 0 Å². The first kappa shape index (κ1) is 18.5. The SMILES string of the molecule is c1ccc(C(c2ccccc2)C2NNC3CCN(Cc4ccccn4)CC32)cc1. The third kappa shape index (κ3) is 3.97.